The summed E-state index contributed by atoms with van der Waals surface area (Å²) < 4.78 is 18.9. The third-order valence-electron chi connectivity index (χ3n) is 3.66. The van der Waals surface area contributed by atoms with Crippen molar-refractivity contribution < 1.29 is 9.13 Å². The molecule has 1 saturated carbocycles. The normalized spacial score (nSPS) is 18.6. The molecule has 1 fully saturated rings. The zero-order chi connectivity index (χ0) is 14.6. The first-order valence-electron chi connectivity index (χ1n) is 6.88. The van der Waals surface area contributed by atoms with Gasteiger partial charge >= 0.3 is 0 Å². The van der Waals surface area contributed by atoms with E-state index in [-0.39, 0.29) is 17.3 Å². The van der Waals surface area contributed by atoms with Gasteiger partial charge in [-0.15, -0.1) is 0 Å². The molecule has 0 bridgehead atoms. The largest absolute Gasteiger partial charge is 0.383 e. The van der Waals surface area contributed by atoms with Gasteiger partial charge in [0.1, 0.15) is 5.82 Å². The van der Waals surface area contributed by atoms with E-state index in [2.05, 4.69) is 10.3 Å². The molecular formula is C15H22FN3O. The van der Waals surface area contributed by atoms with Gasteiger partial charge in [-0.05, 0) is 31.4 Å². The summed E-state index contributed by atoms with van der Waals surface area (Å²) >= 11 is 0. The molecule has 2 rings (SSSR count). The summed E-state index contributed by atoms with van der Waals surface area (Å²) in [6.45, 7) is 3.05. The van der Waals surface area contributed by atoms with Crippen LogP contribution >= 0.6 is 0 Å². The minimum Gasteiger partial charge on any atom is -0.383 e. The predicted molar refractivity (Wildman–Crippen MR) is 78.3 cm³/mol. The average molecular weight is 279 g/mol. The summed E-state index contributed by atoms with van der Waals surface area (Å²) in [5.41, 5.74) is 6.43. The molecule has 0 spiro atoms. The van der Waals surface area contributed by atoms with Crippen LogP contribution in [0.15, 0.2) is 29.3 Å². The van der Waals surface area contributed by atoms with E-state index in [1.165, 1.54) is 6.07 Å². The van der Waals surface area contributed by atoms with Crippen LogP contribution in [-0.4, -0.2) is 32.3 Å². The number of nitrogens with one attached hydrogen (secondary N) is 1. The molecule has 0 heterocycles. The summed E-state index contributed by atoms with van der Waals surface area (Å²) in [5.74, 6) is 0.233. The van der Waals surface area contributed by atoms with Crippen molar-refractivity contribution in [2.24, 2.45) is 10.7 Å². The second-order valence-corrected chi connectivity index (χ2v) is 5.46. The molecule has 5 heteroatoms. The smallest absolute Gasteiger partial charge is 0.188 e. The monoisotopic (exact) mass is 279 g/mol. The van der Waals surface area contributed by atoms with Crippen LogP contribution in [0.4, 0.5) is 4.39 Å². The summed E-state index contributed by atoms with van der Waals surface area (Å²) in [6, 6.07) is 7.02. The predicted octanol–water partition coefficient (Wildman–Crippen LogP) is 1.80. The number of guanidine groups is 1. The molecule has 4 nitrogen and oxygen atoms in total. The van der Waals surface area contributed by atoms with Gasteiger partial charge in [0.25, 0.3) is 0 Å². The Morgan fingerprint density at radius 2 is 2.20 bits per heavy atom. The van der Waals surface area contributed by atoms with Crippen molar-refractivity contribution in [2.45, 2.75) is 31.2 Å². The van der Waals surface area contributed by atoms with Gasteiger partial charge in [0.15, 0.2) is 5.96 Å². The molecule has 1 aromatic rings. The van der Waals surface area contributed by atoms with Gasteiger partial charge in [-0.1, -0.05) is 18.2 Å². The number of nitrogens with zero attached hydrogens (tertiary/aromatic N) is 1. The first-order valence-corrected chi connectivity index (χ1v) is 6.88. The molecule has 0 amide bonds. The molecule has 1 aromatic carbocycles. The van der Waals surface area contributed by atoms with Gasteiger partial charge in [-0.25, -0.2) is 4.39 Å². The lowest BCUT2D eigenvalue weighted by atomic mass is 9.95. The van der Waals surface area contributed by atoms with Gasteiger partial charge in [0.05, 0.1) is 13.2 Å². The Labute approximate surface area is 119 Å². The topological polar surface area (TPSA) is 59.6 Å². The van der Waals surface area contributed by atoms with E-state index in [0.717, 1.165) is 18.4 Å². The van der Waals surface area contributed by atoms with Crippen molar-refractivity contribution in [2.75, 3.05) is 20.3 Å². The number of hydrogen-bond acceptors (Lipinski definition) is 2. The van der Waals surface area contributed by atoms with Crippen molar-refractivity contribution >= 4 is 5.96 Å². The van der Waals surface area contributed by atoms with E-state index < -0.39 is 0 Å². The molecule has 0 saturated heterocycles. The fourth-order valence-electron chi connectivity index (χ4n) is 2.38. The molecule has 0 aliphatic heterocycles. The molecule has 1 atom stereocenters. The second kappa shape index (κ2) is 6.22. The first-order chi connectivity index (χ1) is 9.57. The van der Waals surface area contributed by atoms with Crippen LogP contribution < -0.4 is 11.1 Å². The van der Waals surface area contributed by atoms with E-state index in [4.69, 9.17) is 10.5 Å². The maximum Gasteiger partial charge on any atom is 0.188 e. The highest BCUT2D eigenvalue weighted by atomic mass is 19.1. The average Bonchev–Trinajstić information content (AvgIpc) is 3.18. The highest BCUT2D eigenvalue weighted by Gasteiger charge is 2.45. The van der Waals surface area contributed by atoms with Crippen molar-refractivity contribution in [3.05, 3.63) is 35.6 Å². The first kappa shape index (κ1) is 14.8. The minimum atomic E-state index is -0.165. The number of methoxy groups -OCH3 is 1. The van der Waals surface area contributed by atoms with E-state index in [1.807, 2.05) is 19.1 Å². The van der Waals surface area contributed by atoms with Crippen LogP contribution in [0, 0.1) is 5.82 Å². The Bertz CT molecular complexity index is 486. The maximum absolute atomic E-state index is 13.8. The number of hydrogen-bond donors (Lipinski definition) is 2. The maximum atomic E-state index is 13.8. The van der Waals surface area contributed by atoms with Crippen LogP contribution in [-0.2, 0) is 10.2 Å². The van der Waals surface area contributed by atoms with Crippen molar-refractivity contribution in [1.82, 2.24) is 5.32 Å². The number of benzene rings is 1. The molecule has 0 radical (unpaired) electrons. The fraction of sp³-hybridized carbons (Fsp3) is 0.533. The lowest BCUT2D eigenvalue weighted by Gasteiger charge is -2.16. The molecule has 110 valence electrons. The van der Waals surface area contributed by atoms with Crippen molar-refractivity contribution in [1.29, 1.82) is 0 Å². The zero-order valence-corrected chi connectivity index (χ0v) is 12.0. The van der Waals surface area contributed by atoms with E-state index in [1.54, 1.807) is 13.2 Å². The third-order valence-corrected chi connectivity index (χ3v) is 3.66. The Morgan fingerprint density at radius 1 is 1.50 bits per heavy atom. The second-order valence-electron chi connectivity index (χ2n) is 5.46. The van der Waals surface area contributed by atoms with Gasteiger partial charge in [-0.3, -0.25) is 4.99 Å². The Balaban J connectivity index is 1.98. The van der Waals surface area contributed by atoms with E-state index in [0.29, 0.717) is 19.1 Å². The SMILES string of the molecule is COCC(C)NC(N)=NCC1(c2ccccc2F)CC1. The van der Waals surface area contributed by atoms with E-state index >= 15 is 0 Å². The lowest BCUT2D eigenvalue weighted by Crippen LogP contribution is -2.41. The molecule has 0 aromatic heterocycles. The number of nitrogens with two attached hydrogens (primary N) is 1. The quantitative estimate of drug-likeness (QED) is 0.616. The Morgan fingerprint density at radius 3 is 2.80 bits per heavy atom. The van der Waals surface area contributed by atoms with E-state index in [9.17, 15) is 4.39 Å². The lowest BCUT2D eigenvalue weighted by molar-refractivity contribution is 0.179. The van der Waals surface area contributed by atoms with Gasteiger partial charge in [0.2, 0.25) is 0 Å². The number of halogens is 1. The summed E-state index contributed by atoms with van der Waals surface area (Å²) in [6.07, 6.45) is 1.91. The van der Waals surface area contributed by atoms with Crippen LogP contribution in [0.1, 0.15) is 25.3 Å². The van der Waals surface area contributed by atoms with Gasteiger partial charge in [-0.2, -0.15) is 0 Å². The molecule has 1 aliphatic rings. The van der Waals surface area contributed by atoms with Crippen LogP contribution in [0.2, 0.25) is 0 Å². The van der Waals surface area contributed by atoms with Crippen LogP contribution in [0.25, 0.3) is 0 Å². The third kappa shape index (κ3) is 3.48. The van der Waals surface area contributed by atoms with Gasteiger partial charge < -0.3 is 15.8 Å². The molecule has 1 unspecified atom stereocenters. The summed E-state index contributed by atoms with van der Waals surface area (Å²) in [5, 5.41) is 3.06. The molecule has 20 heavy (non-hydrogen) atoms. The Kier molecular flexibility index (Phi) is 4.60. The molecule has 1 aliphatic carbocycles. The Hall–Kier alpha value is -1.62. The highest BCUT2D eigenvalue weighted by Crippen LogP contribution is 2.49. The zero-order valence-electron chi connectivity index (χ0n) is 12.0. The summed E-state index contributed by atoms with van der Waals surface area (Å²) in [7, 11) is 1.64. The molecule has 3 N–H and O–H groups in total. The fourth-order valence-corrected chi connectivity index (χ4v) is 2.38. The minimum absolute atomic E-state index is 0.104. The van der Waals surface area contributed by atoms with Crippen LogP contribution in [0.3, 0.4) is 0 Å². The van der Waals surface area contributed by atoms with Crippen LogP contribution in [0.5, 0.6) is 0 Å². The van der Waals surface area contributed by atoms with Crippen molar-refractivity contribution in [3.8, 4) is 0 Å². The summed E-state index contributed by atoms with van der Waals surface area (Å²) in [4.78, 5) is 4.36. The number of ether oxygens (including phenoxy) is 1. The standard InChI is InChI=1S/C15H22FN3O/c1-11(9-20-2)19-14(17)18-10-15(7-8-15)12-5-3-4-6-13(12)16/h3-6,11H,7-10H2,1-2H3,(H3,17,18,19). The number of rotatable bonds is 6. The number of aliphatic imine (C=N–C) groups is 1. The van der Waals surface area contributed by atoms with Gasteiger partial charge in [0, 0.05) is 18.6 Å². The molecular weight excluding hydrogens is 257 g/mol. The highest BCUT2D eigenvalue weighted by molar-refractivity contribution is 5.78. The van der Waals surface area contributed by atoms with Crippen molar-refractivity contribution in [3.63, 3.8) is 0 Å².